The number of nitrogens with zero attached hydrogens (tertiary/aromatic N) is 1. The van der Waals surface area contributed by atoms with Gasteiger partial charge in [0.1, 0.15) is 24.9 Å². The third-order valence-electron chi connectivity index (χ3n) is 3.42. The van der Waals surface area contributed by atoms with E-state index < -0.39 is 0 Å². The monoisotopic (exact) mass is 285 g/mol. The zero-order valence-electron chi connectivity index (χ0n) is 11.0. The number of nitrogens with two attached hydrogens (primary N) is 1. The second kappa shape index (κ2) is 4.37. The maximum absolute atomic E-state index is 13.4. The molecule has 4 rings (SSSR count). The van der Waals surface area contributed by atoms with Crippen molar-refractivity contribution < 1.29 is 13.9 Å². The van der Waals surface area contributed by atoms with Crippen LogP contribution in [0.3, 0.4) is 0 Å². The van der Waals surface area contributed by atoms with E-state index in [-0.39, 0.29) is 5.82 Å². The zero-order chi connectivity index (χ0) is 14.4. The van der Waals surface area contributed by atoms with Gasteiger partial charge in [0.15, 0.2) is 11.5 Å². The highest BCUT2D eigenvalue weighted by atomic mass is 19.1. The number of imidazole rings is 1. The van der Waals surface area contributed by atoms with Gasteiger partial charge in [-0.15, -0.1) is 0 Å². The van der Waals surface area contributed by atoms with Gasteiger partial charge >= 0.3 is 0 Å². The van der Waals surface area contributed by atoms with Crippen LogP contribution in [0.15, 0.2) is 30.3 Å². The molecule has 0 aliphatic carbocycles. The van der Waals surface area contributed by atoms with Crippen molar-refractivity contribution in [3.8, 4) is 22.9 Å². The molecule has 0 unspecified atom stereocenters. The van der Waals surface area contributed by atoms with Crippen molar-refractivity contribution in [3.63, 3.8) is 0 Å². The molecule has 0 radical (unpaired) electrons. The van der Waals surface area contributed by atoms with E-state index in [1.165, 1.54) is 18.2 Å². The Bertz CT molecular complexity index is 801. The number of aromatic nitrogens is 2. The van der Waals surface area contributed by atoms with E-state index in [0.29, 0.717) is 41.8 Å². The molecule has 2 heterocycles. The summed E-state index contributed by atoms with van der Waals surface area (Å²) in [6.07, 6.45) is 0. The summed E-state index contributed by atoms with van der Waals surface area (Å²) in [6, 6.07) is 7.84. The Morgan fingerprint density at radius 3 is 2.67 bits per heavy atom. The van der Waals surface area contributed by atoms with Gasteiger partial charge in [0.25, 0.3) is 0 Å². The molecule has 1 aliphatic heterocycles. The standard InChI is InChI=1S/C15H12FN3O2/c16-8-1-2-10(17)9(5-8)15-18-11-6-13-14(7-12(11)19-15)21-4-3-20-13/h1-2,5-7H,3-4,17H2,(H,18,19). The van der Waals surface area contributed by atoms with E-state index in [2.05, 4.69) is 9.97 Å². The lowest BCUT2D eigenvalue weighted by Gasteiger charge is -2.17. The second-order valence-corrected chi connectivity index (χ2v) is 4.83. The average molecular weight is 285 g/mol. The summed E-state index contributed by atoms with van der Waals surface area (Å²) in [5.41, 5.74) is 8.40. The van der Waals surface area contributed by atoms with Crippen molar-refractivity contribution in [1.29, 1.82) is 0 Å². The topological polar surface area (TPSA) is 73.2 Å². The van der Waals surface area contributed by atoms with Crippen LogP contribution < -0.4 is 15.2 Å². The number of nitrogens with one attached hydrogen (secondary N) is 1. The number of halogens is 1. The molecule has 2 aromatic carbocycles. The van der Waals surface area contributed by atoms with Crippen LogP contribution in [0.4, 0.5) is 10.1 Å². The molecule has 0 atom stereocenters. The molecule has 0 amide bonds. The SMILES string of the molecule is Nc1ccc(F)cc1-c1nc2cc3c(cc2[nH]1)OCCO3. The Kier molecular flexibility index (Phi) is 2.50. The van der Waals surface area contributed by atoms with Crippen LogP contribution >= 0.6 is 0 Å². The molecule has 0 bridgehead atoms. The Labute approximate surface area is 119 Å². The summed E-state index contributed by atoms with van der Waals surface area (Å²) in [7, 11) is 0. The average Bonchev–Trinajstić information content (AvgIpc) is 2.89. The van der Waals surface area contributed by atoms with E-state index >= 15 is 0 Å². The van der Waals surface area contributed by atoms with Gasteiger partial charge in [0, 0.05) is 23.4 Å². The Morgan fingerprint density at radius 2 is 1.86 bits per heavy atom. The lowest BCUT2D eigenvalue weighted by molar-refractivity contribution is 0.172. The molecule has 0 spiro atoms. The molecule has 3 N–H and O–H groups in total. The summed E-state index contributed by atoms with van der Waals surface area (Å²) in [5.74, 6) is 1.50. The summed E-state index contributed by atoms with van der Waals surface area (Å²) in [4.78, 5) is 7.59. The minimum absolute atomic E-state index is 0.356. The molecule has 106 valence electrons. The molecular weight excluding hydrogens is 273 g/mol. The molecule has 1 aliphatic rings. The van der Waals surface area contributed by atoms with Gasteiger partial charge in [0.05, 0.1) is 11.0 Å². The van der Waals surface area contributed by atoms with E-state index in [1.54, 1.807) is 6.07 Å². The maximum Gasteiger partial charge on any atom is 0.163 e. The van der Waals surface area contributed by atoms with E-state index in [9.17, 15) is 4.39 Å². The van der Waals surface area contributed by atoms with Crippen molar-refractivity contribution >= 4 is 16.7 Å². The minimum Gasteiger partial charge on any atom is -0.486 e. The van der Waals surface area contributed by atoms with Crippen LogP contribution in [0.25, 0.3) is 22.4 Å². The number of ether oxygens (including phenoxy) is 2. The van der Waals surface area contributed by atoms with Crippen LogP contribution in [-0.4, -0.2) is 23.2 Å². The van der Waals surface area contributed by atoms with Crippen molar-refractivity contribution in [3.05, 3.63) is 36.1 Å². The van der Waals surface area contributed by atoms with Gasteiger partial charge in [-0.25, -0.2) is 9.37 Å². The molecule has 3 aromatic rings. The van der Waals surface area contributed by atoms with Crippen molar-refractivity contribution in [2.45, 2.75) is 0 Å². The van der Waals surface area contributed by atoms with Gasteiger partial charge in [0.2, 0.25) is 0 Å². The molecular formula is C15H12FN3O2. The van der Waals surface area contributed by atoms with Gasteiger partial charge in [-0.3, -0.25) is 0 Å². The number of rotatable bonds is 1. The highest BCUT2D eigenvalue weighted by molar-refractivity contribution is 5.85. The Balaban J connectivity index is 1.88. The fraction of sp³-hybridized carbons (Fsp3) is 0.133. The summed E-state index contributed by atoms with van der Waals surface area (Å²) < 4.78 is 24.5. The van der Waals surface area contributed by atoms with Crippen molar-refractivity contribution in [1.82, 2.24) is 9.97 Å². The minimum atomic E-state index is -0.356. The third kappa shape index (κ3) is 1.96. The van der Waals surface area contributed by atoms with Gasteiger partial charge in [-0.05, 0) is 18.2 Å². The highest BCUT2D eigenvalue weighted by Crippen LogP contribution is 2.35. The highest BCUT2D eigenvalue weighted by Gasteiger charge is 2.16. The third-order valence-corrected chi connectivity index (χ3v) is 3.42. The number of H-pyrrole nitrogens is 1. The quantitative estimate of drug-likeness (QED) is 0.674. The van der Waals surface area contributed by atoms with Crippen molar-refractivity contribution in [2.24, 2.45) is 0 Å². The zero-order valence-corrected chi connectivity index (χ0v) is 11.0. The molecule has 21 heavy (non-hydrogen) atoms. The molecule has 0 saturated carbocycles. The largest absolute Gasteiger partial charge is 0.486 e. The summed E-state index contributed by atoms with van der Waals surface area (Å²) >= 11 is 0. The first-order valence-corrected chi connectivity index (χ1v) is 6.55. The molecule has 0 fully saturated rings. The molecule has 1 aromatic heterocycles. The first-order valence-electron chi connectivity index (χ1n) is 6.55. The smallest absolute Gasteiger partial charge is 0.163 e. The predicted molar refractivity (Wildman–Crippen MR) is 76.9 cm³/mol. The van der Waals surface area contributed by atoms with Crippen LogP contribution in [0, 0.1) is 5.82 Å². The van der Waals surface area contributed by atoms with Crippen LogP contribution in [0.1, 0.15) is 0 Å². The number of anilines is 1. The first-order chi connectivity index (χ1) is 10.2. The Morgan fingerprint density at radius 1 is 1.10 bits per heavy atom. The summed E-state index contributed by atoms with van der Waals surface area (Å²) in [5, 5.41) is 0. The van der Waals surface area contributed by atoms with Gasteiger partial charge < -0.3 is 20.2 Å². The number of nitrogen functional groups attached to an aromatic ring is 1. The van der Waals surface area contributed by atoms with E-state index in [0.717, 1.165) is 11.0 Å². The second-order valence-electron chi connectivity index (χ2n) is 4.83. The first kappa shape index (κ1) is 12.0. The summed E-state index contributed by atoms with van der Waals surface area (Å²) in [6.45, 7) is 1.04. The predicted octanol–water partition coefficient (Wildman–Crippen LogP) is 2.72. The number of hydrogen-bond donors (Lipinski definition) is 2. The van der Waals surface area contributed by atoms with E-state index in [4.69, 9.17) is 15.2 Å². The normalized spacial score (nSPS) is 13.6. The van der Waals surface area contributed by atoms with Crippen LogP contribution in [0.2, 0.25) is 0 Å². The van der Waals surface area contributed by atoms with Crippen LogP contribution in [-0.2, 0) is 0 Å². The maximum atomic E-state index is 13.4. The molecule has 0 saturated heterocycles. The fourth-order valence-electron chi connectivity index (χ4n) is 2.41. The number of hydrogen-bond acceptors (Lipinski definition) is 4. The van der Waals surface area contributed by atoms with Gasteiger partial charge in [-0.1, -0.05) is 0 Å². The number of fused-ring (bicyclic) bond motifs is 2. The Hall–Kier alpha value is -2.76. The van der Waals surface area contributed by atoms with Crippen molar-refractivity contribution in [2.75, 3.05) is 18.9 Å². The van der Waals surface area contributed by atoms with Gasteiger partial charge in [-0.2, -0.15) is 0 Å². The lowest BCUT2D eigenvalue weighted by atomic mass is 10.1. The fourth-order valence-corrected chi connectivity index (χ4v) is 2.41. The number of benzene rings is 2. The lowest BCUT2D eigenvalue weighted by Crippen LogP contribution is -2.15. The van der Waals surface area contributed by atoms with E-state index in [1.807, 2.05) is 6.07 Å². The molecule has 6 heteroatoms. The molecule has 5 nitrogen and oxygen atoms in total. The van der Waals surface area contributed by atoms with Crippen LogP contribution in [0.5, 0.6) is 11.5 Å². The number of aromatic amines is 1.